The molecule has 0 atom stereocenters. The molecule has 1 aromatic carbocycles. The lowest BCUT2D eigenvalue weighted by Crippen LogP contribution is -2.15. The zero-order valence-electron chi connectivity index (χ0n) is 10.6. The highest BCUT2D eigenvalue weighted by molar-refractivity contribution is 6.31. The van der Waals surface area contributed by atoms with Gasteiger partial charge in [-0.05, 0) is 36.8 Å². The fraction of sp³-hybridized carbons (Fsp3) is 0.0714. The van der Waals surface area contributed by atoms with Gasteiger partial charge >= 0.3 is 5.97 Å². The molecular formula is C14H11ClN2O3. The Morgan fingerprint density at radius 2 is 2.00 bits per heavy atom. The number of aromatic nitrogens is 1. The SMILES string of the molecule is Cc1cncc(C(=O)Nc2ccc(Cl)cc2C(=O)O)c1. The van der Waals surface area contributed by atoms with E-state index in [0.717, 1.165) is 5.56 Å². The third-order valence-corrected chi connectivity index (χ3v) is 2.83. The molecule has 6 heteroatoms. The first kappa shape index (κ1) is 14.0. The lowest BCUT2D eigenvalue weighted by molar-refractivity contribution is 0.0698. The molecule has 1 heterocycles. The van der Waals surface area contributed by atoms with Gasteiger partial charge in [-0.2, -0.15) is 0 Å². The molecule has 0 aliphatic carbocycles. The molecule has 0 aliphatic heterocycles. The van der Waals surface area contributed by atoms with Gasteiger partial charge in [0, 0.05) is 17.4 Å². The van der Waals surface area contributed by atoms with Crippen LogP contribution < -0.4 is 5.32 Å². The maximum Gasteiger partial charge on any atom is 0.337 e. The Kier molecular flexibility index (Phi) is 4.00. The van der Waals surface area contributed by atoms with E-state index < -0.39 is 11.9 Å². The normalized spacial score (nSPS) is 10.1. The Balaban J connectivity index is 2.30. The first-order chi connectivity index (χ1) is 9.47. The molecule has 20 heavy (non-hydrogen) atoms. The minimum absolute atomic E-state index is 0.0635. The first-order valence-electron chi connectivity index (χ1n) is 5.73. The number of amides is 1. The van der Waals surface area contributed by atoms with Crippen molar-refractivity contribution in [3.63, 3.8) is 0 Å². The quantitative estimate of drug-likeness (QED) is 0.911. The summed E-state index contributed by atoms with van der Waals surface area (Å²) in [6.07, 6.45) is 3.04. The van der Waals surface area contributed by atoms with Gasteiger partial charge in [-0.1, -0.05) is 11.6 Å². The van der Waals surface area contributed by atoms with E-state index >= 15 is 0 Å². The van der Waals surface area contributed by atoms with Crippen LogP contribution in [-0.2, 0) is 0 Å². The van der Waals surface area contributed by atoms with Crippen LogP contribution in [0.15, 0.2) is 36.7 Å². The van der Waals surface area contributed by atoms with E-state index in [2.05, 4.69) is 10.3 Å². The van der Waals surface area contributed by atoms with E-state index in [1.807, 2.05) is 6.92 Å². The number of hydrogen-bond donors (Lipinski definition) is 2. The second kappa shape index (κ2) is 5.71. The minimum Gasteiger partial charge on any atom is -0.478 e. The van der Waals surface area contributed by atoms with E-state index in [0.29, 0.717) is 5.56 Å². The Morgan fingerprint density at radius 3 is 2.65 bits per heavy atom. The molecule has 2 aromatic rings. The van der Waals surface area contributed by atoms with Gasteiger partial charge in [0.2, 0.25) is 0 Å². The Labute approximate surface area is 120 Å². The summed E-state index contributed by atoms with van der Waals surface area (Å²) >= 11 is 5.75. The molecule has 0 saturated carbocycles. The van der Waals surface area contributed by atoms with Crippen molar-refractivity contribution >= 4 is 29.2 Å². The van der Waals surface area contributed by atoms with Crippen LogP contribution in [0.25, 0.3) is 0 Å². The number of carbonyl (C=O) groups excluding carboxylic acids is 1. The molecule has 0 spiro atoms. The fourth-order valence-electron chi connectivity index (χ4n) is 1.68. The number of nitrogens with one attached hydrogen (secondary N) is 1. The van der Waals surface area contributed by atoms with Crippen LogP contribution in [0.4, 0.5) is 5.69 Å². The average Bonchev–Trinajstić information content (AvgIpc) is 2.40. The number of carboxylic acids is 1. The monoisotopic (exact) mass is 290 g/mol. The molecule has 0 bridgehead atoms. The van der Waals surface area contributed by atoms with Gasteiger partial charge in [0.25, 0.3) is 5.91 Å². The maximum absolute atomic E-state index is 12.0. The third kappa shape index (κ3) is 3.13. The molecular weight excluding hydrogens is 280 g/mol. The highest BCUT2D eigenvalue weighted by Gasteiger charge is 2.14. The first-order valence-corrected chi connectivity index (χ1v) is 6.11. The second-order valence-corrected chi connectivity index (χ2v) is 4.64. The summed E-state index contributed by atoms with van der Waals surface area (Å²) in [5.41, 5.74) is 1.32. The molecule has 0 unspecified atom stereocenters. The predicted molar refractivity (Wildman–Crippen MR) is 75.3 cm³/mol. The van der Waals surface area contributed by atoms with Crippen LogP contribution in [-0.4, -0.2) is 22.0 Å². The van der Waals surface area contributed by atoms with Crippen molar-refractivity contribution in [1.29, 1.82) is 0 Å². The number of anilines is 1. The minimum atomic E-state index is -1.16. The number of halogens is 1. The van der Waals surface area contributed by atoms with Crippen LogP contribution in [0.5, 0.6) is 0 Å². The number of carboxylic acid groups (broad SMARTS) is 1. The topological polar surface area (TPSA) is 79.3 Å². The van der Waals surface area contributed by atoms with E-state index in [1.165, 1.54) is 24.4 Å². The van der Waals surface area contributed by atoms with Gasteiger partial charge in [0.15, 0.2) is 0 Å². The summed E-state index contributed by atoms with van der Waals surface area (Å²) in [7, 11) is 0. The van der Waals surface area contributed by atoms with Gasteiger partial charge in [0.05, 0.1) is 16.8 Å². The molecule has 102 valence electrons. The molecule has 1 amide bonds. The van der Waals surface area contributed by atoms with Crippen molar-refractivity contribution in [2.24, 2.45) is 0 Å². The fourth-order valence-corrected chi connectivity index (χ4v) is 1.85. The summed E-state index contributed by atoms with van der Waals surface area (Å²) in [5.74, 6) is -1.59. The number of hydrogen-bond acceptors (Lipinski definition) is 3. The average molecular weight is 291 g/mol. The number of benzene rings is 1. The molecule has 2 rings (SSSR count). The van der Waals surface area contributed by atoms with Crippen molar-refractivity contribution in [2.75, 3.05) is 5.32 Å². The van der Waals surface area contributed by atoms with Crippen molar-refractivity contribution in [2.45, 2.75) is 6.92 Å². The molecule has 1 aromatic heterocycles. The number of aryl methyl sites for hydroxylation is 1. The summed E-state index contributed by atoms with van der Waals surface area (Å²) in [5, 5.41) is 11.9. The van der Waals surface area contributed by atoms with E-state index in [-0.39, 0.29) is 16.3 Å². The van der Waals surface area contributed by atoms with Gasteiger partial charge in [-0.15, -0.1) is 0 Å². The summed E-state index contributed by atoms with van der Waals surface area (Å²) in [6, 6.07) is 5.91. The number of aromatic carboxylic acids is 1. The molecule has 5 nitrogen and oxygen atoms in total. The number of nitrogens with zero attached hydrogens (tertiary/aromatic N) is 1. The van der Waals surface area contributed by atoms with Crippen molar-refractivity contribution in [1.82, 2.24) is 4.98 Å². The Morgan fingerprint density at radius 1 is 1.25 bits per heavy atom. The third-order valence-electron chi connectivity index (χ3n) is 2.60. The summed E-state index contributed by atoms with van der Waals surface area (Å²) < 4.78 is 0. The lowest BCUT2D eigenvalue weighted by Gasteiger charge is -2.09. The van der Waals surface area contributed by atoms with Gasteiger partial charge in [0.1, 0.15) is 0 Å². The standard InChI is InChI=1S/C14H11ClN2O3/c1-8-4-9(7-16-6-8)13(18)17-12-3-2-10(15)5-11(12)14(19)20/h2-7H,1H3,(H,17,18)(H,19,20). The van der Waals surface area contributed by atoms with Gasteiger partial charge < -0.3 is 10.4 Å². The highest BCUT2D eigenvalue weighted by Crippen LogP contribution is 2.21. The largest absolute Gasteiger partial charge is 0.478 e. The number of pyridine rings is 1. The smallest absolute Gasteiger partial charge is 0.337 e. The molecule has 0 radical (unpaired) electrons. The predicted octanol–water partition coefficient (Wildman–Crippen LogP) is 2.99. The van der Waals surface area contributed by atoms with Crippen LogP contribution in [0.1, 0.15) is 26.3 Å². The Bertz CT molecular complexity index is 686. The lowest BCUT2D eigenvalue weighted by atomic mass is 10.1. The zero-order chi connectivity index (χ0) is 14.7. The van der Waals surface area contributed by atoms with Crippen LogP contribution >= 0.6 is 11.6 Å². The zero-order valence-corrected chi connectivity index (χ0v) is 11.3. The van der Waals surface area contributed by atoms with Gasteiger partial charge in [-0.3, -0.25) is 9.78 Å². The maximum atomic E-state index is 12.0. The molecule has 0 saturated heterocycles. The van der Waals surface area contributed by atoms with Crippen LogP contribution in [0, 0.1) is 6.92 Å². The second-order valence-electron chi connectivity index (χ2n) is 4.20. The van der Waals surface area contributed by atoms with Gasteiger partial charge in [-0.25, -0.2) is 4.79 Å². The van der Waals surface area contributed by atoms with Crippen molar-refractivity contribution in [3.05, 3.63) is 58.4 Å². The van der Waals surface area contributed by atoms with Crippen LogP contribution in [0.3, 0.4) is 0 Å². The number of rotatable bonds is 3. The van der Waals surface area contributed by atoms with E-state index in [9.17, 15) is 9.59 Å². The van der Waals surface area contributed by atoms with E-state index in [1.54, 1.807) is 12.3 Å². The summed E-state index contributed by atoms with van der Waals surface area (Å²) in [4.78, 5) is 27.1. The molecule has 2 N–H and O–H groups in total. The van der Waals surface area contributed by atoms with Crippen molar-refractivity contribution < 1.29 is 14.7 Å². The van der Waals surface area contributed by atoms with Crippen molar-refractivity contribution in [3.8, 4) is 0 Å². The highest BCUT2D eigenvalue weighted by atomic mass is 35.5. The number of carbonyl (C=O) groups is 2. The van der Waals surface area contributed by atoms with Crippen LogP contribution in [0.2, 0.25) is 5.02 Å². The molecule has 0 aliphatic rings. The summed E-state index contributed by atoms with van der Waals surface area (Å²) in [6.45, 7) is 1.81. The van der Waals surface area contributed by atoms with E-state index in [4.69, 9.17) is 16.7 Å². The Hall–Kier alpha value is -2.40. The molecule has 0 fully saturated rings.